The van der Waals surface area contributed by atoms with Crippen LogP contribution in [-0.2, 0) is 4.79 Å². The summed E-state index contributed by atoms with van der Waals surface area (Å²) in [6, 6.07) is 17.7. The SMILES string of the molecule is Cc1cnc2c(C(=O)N3CCCOc4cccc(c4)[C@H]4CN(C(=O)c5cc6ccccc6s5)C[C@@H]4C(=O)NCC3)cnn2c1. The monoisotopic (exact) mass is 608 g/mol. The average molecular weight is 609 g/mol. The fourth-order valence-corrected chi connectivity index (χ4v) is 7.18. The molecule has 2 atom stereocenters. The molecule has 2 aliphatic heterocycles. The largest absolute Gasteiger partial charge is 0.494 e. The highest BCUT2D eigenvalue weighted by molar-refractivity contribution is 7.20. The van der Waals surface area contributed by atoms with E-state index in [2.05, 4.69) is 15.4 Å². The molecule has 3 aromatic heterocycles. The van der Waals surface area contributed by atoms with Crippen LogP contribution >= 0.6 is 11.3 Å². The maximum absolute atomic E-state index is 13.7. The molecule has 7 rings (SSSR count). The van der Waals surface area contributed by atoms with Crippen LogP contribution in [0.15, 0.2) is 73.2 Å². The van der Waals surface area contributed by atoms with Crippen molar-refractivity contribution in [3.63, 3.8) is 0 Å². The van der Waals surface area contributed by atoms with Gasteiger partial charge >= 0.3 is 0 Å². The number of carbonyl (C=O) groups is 3. The van der Waals surface area contributed by atoms with Gasteiger partial charge in [0, 0.05) is 55.7 Å². The van der Waals surface area contributed by atoms with E-state index in [0.717, 1.165) is 21.2 Å². The van der Waals surface area contributed by atoms with Crippen molar-refractivity contribution >= 4 is 44.8 Å². The number of hydrogen-bond acceptors (Lipinski definition) is 7. The summed E-state index contributed by atoms with van der Waals surface area (Å²) in [7, 11) is 0. The third kappa shape index (κ3) is 5.39. The van der Waals surface area contributed by atoms with Crippen LogP contribution in [0.2, 0.25) is 0 Å². The molecule has 2 aliphatic rings. The lowest BCUT2D eigenvalue weighted by Gasteiger charge is -2.24. The zero-order valence-corrected chi connectivity index (χ0v) is 25.1. The van der Waals surface area contributed by atoms with E-state index in [1.807, 2.05) is 67.7 Å². The van der Waals surface area contributed by atoms with Gasteiger partial charge in [0.1, 0.15) is 11.3 Å². The summed E-state index contributed by atoms with van der Waals surface area (Å²) in [5.41, 5.74) is 2.82. The second-order valence-corrected chi connectivity index (χ2v) is 12.5. The summed E-state index contributed by atoms with van der Waals surface area (Å²) in [6.07, 6.45) is 5.70. The highest BCUT2D eigenvalue weighted by Gasteiger charge is 2.41. The van der Waals surface area contributed by atoms with E-state index in [1.54, 1.807) is 26.7 Å². The van der Waals surface area contributed by atoms with Gasteiger partial charge in [-0.25, -0.2) is 9.50 Å². The first-order valence-corrected chi connectivity index (χ1v) is 15.6. The van der Waals surface area contributed by atoms with E-state index in [1.165, 1.54) is 11.3 Å². The molecule has 224 valence electrons. The van der Waals surface area contributed by atoms with Crippen molar-refractivity contribution < 1.29 is 19.1 Å². The summed E-state index contributed by atoms with van der Waals surface area (Å²) in [6.45, 7) is 4.14. The Bertz CT molecular complexity index is 1850. The van der Waals surface area contributed by atoms with Crippen LogP contribution in [0.5, 0.6) is 5.75 Å². The molecular weight excluding hydrogens is 576 g/mol. The lowest BCUT2D eigenvalue weighted by atomic mass is 9.88. The van der Waals surface area contributed by atoms with Crippen molar-refractivity contribution in [2.45, 2.75) is 19.3 Å². The molecule has 0 radical (unpaired) electrons. The van der Waals surface area contributed by atoms with E-state index >= 15 is 0 Å². The van der Waals surface area contributed by atoms with E-state index in [9.17, 15) is 14.4 Å². The van der Waals surface area contributed by atoms with Gasteiger partial charge in [-0.15, -0.1) is 11.3 Å². The molecule has 10 nitrogen and oxygen atoms in total. The Morgan fingerprint density at radius 3 is 2.73 bits per heavy atom. The summed E-state index contributed by atoms with van der Waals surface area (Å²) < 4.78 is 8.77. The molecule has 5 heterocycles. The number of ether oxygens (including phenoxy) is 1. The Morgan fingerprint density at radius 1 is 0.977 bits per heavy atom. The third-order valence-electron chi connectivity index (χ3n) is 8.39. The smallest absolute Gasteiger partial charge is 0.264 e. The van der Waals surface area contributed by atoms with Crippen LogP contribution in [0.3, 0.4) is 0 Å². The normalized spacial score (nSPS) is 19.3. The maximum atomic E-state index is 13.7. The molecule has 1 saturated heterocycles. The van der Waals surface area contributed by atoms with Crippen molar-refractivity contribution in [2.24, 2.45) is 5.92 Å². The lowest BCUT2D eigenvalue weighted by Crippen LogP contribution is -2.42. The number of amides is 3. The van der Waals surface area contributed by atoms with Gasteiger partial charge in [-0.3, -0.25) is 14.4 Å². The summed E-state index contributed by atoms with van der Waals surface area (Å²) in [5.74, 6) is -0.323. The predicted octanol–water partition coefficient (Wildman–Crippen LogP) is 4.15. The molecule has 1 fully saturated rings. The topological polar surface area (TPSA) is 109 Å². The van der Waals surface area contributed by atoms with Crippen LogP contribution in [-0.4, -0.2) is 81.5 Å². The standard InChI is InChI=1S/C33H32N6O4S/c1-21-16-35-30-25(17-36-39(30)18-21)32(41)37-11-5-13-43-24-8-4-7-22(14-24)26-19-38(20-27(26)31(40)34-10-12-37)33(42)29-15-23-6-2-3-9-28(23)44-29/h2-4,6-9,14-18,26-27H,5,10-13,19-20H2,1H3,(H,34,40)/t26-,27+/m1/s1. The highest BCUT2D eigenvalue weighted by Crippen LogP contribution is 2.36. The molecule has 0 saturated carbocycles. The van der Waals surface area contributed by atoms with Gasteiger partial charge in [-0.05, 0) is 54.1 Å². The molecule has 44 heavy (non-hydrogen) atoms. The van der Waals surface area contributed by atoms with Crippen LogP contribution in [0.25, 0.3) is 15.7 Å². The number of fused-ring (bicyclic) bond motifs is 6. The van der Waals surface area contributed by atoms with Gasteiger partial charge in [0.05, 0.1) is 23.6 Å². The van der Waals surface area contributed by atoms with Gasteiger partial charge in [0.2, 0.25) is 5.91 Å². The van der Waals surface area contributed by atoms with E-state index in [4.69, 9.17) is 4.74 Å². The first-order valence-electron chi connectivity index (χ1n) is 14.8. The predicted molar refractivity (Wildman–Crippen MR) is 167 cm³/mol. The molecule has 0 aliphatic carbocycles. The Kier molecular flexibility index (Phi) is 7.47. The molecule has 0 spiro atoms. The van der Waals surface area contributed by atoms with Gasteiger partial charge in [0.15, 0.2) is 5.65 Å². The summed E-state index contributed by atoms with van der Waals surface area (Å²) in [4.78, 5) is 49.6. The number of thiophene rings is 1. The molecule has 1 N–H and O–H groups in total. The Balaban J connectivity index is 1.13. The molecule has 0 unspecified atom stereocenters. The quantitative estimate of drug-likeness (QED) is 0.323. The minimum Gasteiger partial charge on any atom is -0.494 e. The number of benzene rings is 2. The second-order valence-electron chi connectivity index (χ2n) is 11.4. The molecule has 2 bridgehead atoms. The maximum Gasteiger partial charge on any atom is 0.264 e. The molecule has 2 aromatic carbocycles. The Labute approximate surface area is 258 Å². The molecule has 3 amide bonds. The molecule has 5 aromatic rings. The number of nitrogens with one attached hydrogen (secondary N) is 1. The number of aromatic nitrogens is 3. The van der Waals surface area contributed by atoms with Gasteiger partial charge in [0.25, 0.3) is 11.8 Å². The van der Waals surface area contributed by atoms with Crippen molar-refractivity contribution in [2.75, 3.05) is 39.3 Å². The number of aryl methyl sites for hydroxylation is 1. The minimum atomic E-state index is -0.442. The number of rotatable bonds is 2. The summed E-state index contributed by atoms with van der Waals surface area (Å²) in [5, 5.41) is 8.43. The zero-order chi connectivity index (χ0) is 30.2. The van der Waals surface area contributed by atoms with Crippen molar-refractivity contribution in [1.29, 1.82) is 0 Å². The number of hydrogen-bond donors (Lipinski definition) is 1. The number of likely N-dealkylation sites (tertiary alicyclic amines) is 1. The van der Waals surface area contributed by atoms with E-state index in [0.29, 0.717) is 61.0 Å². The minimum absolute atomic E-state index is 0.0641. The zero-order valence-electron chi connectivity index (χ0n) is 24.3. The third-order valence-corrected chi connectivity index (χ3v) is 9.50. The number of carbonyl (C=O) groups excluding carboxylic acids is 3. The van der Waals surface area contributed by atoms with Crippen LogP contribution in [0, 0.1) is 12.8 Å². The first-order chi connectivity index (χ1) is 21.4. The van der Waals surface area contributed by atoms with Gasteiger partial charge < -0.3 is 19.9 Å². The van der Waals surface area contributed by atoms with E-state index < -0.39 is 5.92 Å². The van der Waals surface area contributed by atoms with Gasteiger partial charge in [-0.1, -0.05) is 30.3 Å². The van der Waals surface area contributed by atoms with E-state index in [-0.39, 0.29) is 30.2 Å². The van der Waals surface area contributed by atoms with Gasteiger partial charge in [-0.2, -0.15) is 5.10 Å². The van der Waals surface area contributed by atoms with Crippen molar-refractivity contribution in [1.82, 2.24) is 29.7 Å². The first kappa shape index (κ1) is 28.0. The van der Waals surface area contributed by atoms with Crippen LogP contribution in [0.1, 0.15) is 43.5 Å². The van der Waals surface area contributed by atoms with Crippen LogP contribution < -0.4 is 10.1 Å². The average Bonchev–Trinajstić information content (AvgIpc) is 3.78. The van der Waals surface area contributed by atoms with Crippen molar-refractivity contribution in [3.8, 4) is 5.75 Å². The molecular formula is C33H32N6O4S. The van der Waals surface area contributed by atoms with Crippen LogP contribution in [0.4, 0.5) is 0 Å². The fourth-order valence-electron chi connectivity index (χ4n) is 6.15. The highest BCUT2D eigenvalue weighted by atomic mass is 32.1. The summed E-state index contributed by atoms with van der Waals surface area (Å²) >= 11 is 1.48. The number of nitrogens with zero attached hydrogens (tertiary/aromatic N) is 5. The second kappa shape index (κ2) is 11.7. The lowest BCUT2D eigenvalue weighted by molar-refractivity contribution is -0.125. The Morgan fingerprint density at radius 2 is 1.84 bits per heavy atom. The Hall–Kier alpha value is -4.77. The fraction of sp³-hybridized carbons (Fsp3) is 0.303. The van der Waals surface area contributed by atoms with Crippen molar-refractivity contribution in [3.05, 3.63) is 94.8 Å². The molecule has 11 heteroatoms.